The zero-order valence-corrected chi connectivity index (χ0v) is 12.7. The zero-order chi connectivity index (χ0) is 15.9. The Hall–Kier alpha value is -2.12. The number of pyridine rings is 1. The summed E-state index contributed by atoms with van der Waals surface area (Å²) in [5.41, 5.74) is 4.74. The van der Waals surface area contributed by atoms with E-state index in [9.17, 15) is 14.0 Å². The molecule has 0 unspecified atom stereocenters. The molecule has 2 amide bonds. The Labute approximate surface area is 135 Å². The van der Waals surface area contributed by atoms with Crippen LogP contribution in [0.5, 0.6) is 0 Å². The van der Waals surface area contributed by atoms with Gasteiger partial charge in [-0.25, -0.2) is 9.37 Å². The molecule has 0 aliphatic rings. The fourth-order valence-corrected chi connectivity index (χ4v) is 2.30. The van der Waals surface area contributed by atoms with Gasteiger partial charge in [0, 0.05) is 11.1 Å². The molecule has 114 valence electrons. The lowest BCUT2D eigenvalue weighted by molar-refractivity contribution is -0.119. The topological polar surface area (TPSA) is 71.1 Å². The van der Waals surface area contributed by atoms with Crippen molar-refractivity contribution in [3.63, 3.8) is 0 Å². The maximum absolute atomic E-state index is 13.4. The normalized spacial score (nSPS) is 10.1. The van der Waals surface area contributed by atoms with Crippen LogP contribution in [0.2, 0.25) is 5.15 Å². The molecule has 0 bridgehead atoms. The number of hydrogen-bond donors (Lipinski definition) is 2. The van der Waals surface area contributed by atoms with E-state index in [1.165, 1.54) is 24.4 Å². The molecule has 1 heterocycles. The number of carbonyl (C=O) groups excluding carboxylic acids is 2. The van der Waals surface area contributed by atoms with Crippen molar-refractivity contribution in [3.8, 4) is 0 Å². The van der Waals surface area contributed by atoms with E-state index in [-0.39, 0.29) is 16.5 Å². The van der Waals surface area contributed by atoms with Crippen LogP contribution in [0, 0.1) is 5.82 Å². The lowest BCUT2D eigenvalue weighted by Crippen LogP contribution is -2.42. The average Bonchev–Trinajstić information content (AvgIpc) is 2.52. The van der Waals surface area contributed by atoms with E-state index in [1.807, 2.05) is 0 Å². The summed E-state index contributed by atoms with van der Waals surface area (Å²) in [6.45, 7) is 0. The van der Waals surface area contributed by atoms with E-state index < -0.39 is 17.6 Å². The third-order valence-electron chi connectivity index (χ3n) is 2.50. The number of hydrogen-bond acceptors (Lipinski definition) is 4. The Balaban J connectivity index is 1.79. The first-order valence-electron chi connectivity index (χ1n) is 6.14. The molecule has 0 fully saturated rings. The second-order valence-corrected chi connectivity index (χ2v) is 5.50. The molecule has 0 saturated heterocycles. The Morgan fingerprint density at radius 2 is 1.95 bits per heavy atom. The minimum Gasteiger partial charge on any atom is -0.272 e. The molecule has 22 heavy (non-hydrogen) atoms. The predicted octanol–water partition coefficient (Wildman–Crippen LogP) is 2.43. The van der Waals surface area contributed by atoms with Crippen molar-refractivity contribution < 1.29 is 14.0 Å². The Bertz CT molecular complexity index is 682. The maximum atomic E-state index is 13.4. The molecule has 2 aromatic rings. The first-order valence-corrected chi connectivity index (χ1v) is 7.50. The van der Waals surface area contributed by atoms with Crippen LogP contribution in [0.3, 0.4) is 0 Å². The molecule has 0 radical (unpaired) electrons. The van der Waals surface area contributed by atoms with Gasteiger partial charge in [-0.1, -0.05) is 23.7 Å². The molecule has 2 N–H and O–H groups in total. The van der Waals surface area contributed by atoms with E-state index in [1.54, 1.807) is 18.2 Å². The van der Waals surface area contributed by atoms with Gasteiger partial charge < -0.3 is 0 Å². The highest BCUT2D eigenvalue weighted by Crippen LogP contribution is 2.20. The van der Waals surface area contributed by atoms with Gasteiger partial charge in [0.2, 0.25) is 5.91 Å². The van der Waals surface area contributed by atoms with Gasteiger partial charge in [-0.05, 0) is 24.3 Å². The summed E-state index contributed by atoms with van der Waals surface area (Å²) in [6, 6.07) is 9.08. The van der Waals surface area contributed by atoms with Crippen LogP contribution in [0.15, 0.2) is 47.5 Å². The van der Waals surface area contributed by atoms with E-state index in [4.69, 9.17) is 11.6 Å². The van der Waals surface area contributed by atoms with Gasteiger partial charge in [-0.2, -0.15) is 0 Å². The number of amides is 2. The highest BCUT2D eigenvalue weighted by molar-refractivity contribution is 8.00. The SMILES string of the molecule is O=C(CSc1ccccc1F)NNC(=O)c1ccc(Cl)nc1. The molecule has 5 nitrogen and oxygen atoms in total. The Morgan fingerprint density at radius 3 is 2.64 bits per heavy atom. The standard InChI is InChI=1S/C14H11ClFN3O2S/c15-12-6-5-9(7-17-12)14(21)19-18-13(20)8-22-11-4-2-1-3-10(11)16/h1-7H,8H2,(H,18,20)(H,19,21). The third-order valence-corrected chi connectivity index (χ3v) is 3.77. The molecule has 1 aromatic carbocycles. The maximum Gasteiger partial charge on any atom is 0.271 e. The van der Waals surface area contributed by atoms with Crippen LogP contribution in [-0.2, 0) is 4.79 Å². The highest BCUT2D eigenvalue weighted by Gasteiger charge is 2.09. The summed E-state index contributed by atoms with van der Waals surface area (Å²) in [5, 5.41) is 0.266. The van der Waals surface area contributed by atoms with E-state index in [2.05, 4.69) is 15.8 Å². The van der Waals surface area contributed by atoms with E-state index >= 15 is 0 Å². The van der Waals surface area contributed by atoms with Gasteiger partial charge in [-0.15, -0.1) is 11.8 Å². The van der Waals surface area contributed by atoms with Crippen LogP contribution >= 0.6 is 23.4 Å². The number of halogens is 2. The number of nitrogens with zero attached hydrogens (tertiary/aromatic N) is 1. The van der Waals surface area contributed by atoms with Crippen molar-refractivity contribution in [2.45, 2.75) is 4.90 Å². The number of nitrogens with one attached hydrogen (secondary N) is 2. The van der Waals surface area contributed by atoms with Crippen molar-refractivity contribution in [1.29, 1.82) is 0 Å². The van der Waals surface area contributed by atoms with Crippen LogP contribution in [-0.4, -0.2) is 22.6 Å². The molecular weight excluding hydrogens is 329 g/mol. The van der Waals surface area contributed by atoms with Crippen LogP contribution < -0.4 is 10.9 Å². The van der Waals surface area contributed by atoms with Crippen LogP contribution in [0.4, 0.5) is 4.39 Å². The average molecular weight is 340 g/mol. The number of thioether (sulfide) groups is 1. The molecule has 0 aliphatic carbocycles. The van der Waals surface area contributed by atoms with Crippen molar-refractivity contribution >= 4 is 35.2 Å². The summed E-state index contributed by atoms with van der Waals surface area (Å²) in [4.78, 5) is 27.5. The van der Waals surface area contributed by atoms with Gasteiger partial charge >= 0.3 is 0 Å². The molecule has 0 saturated carbocycles. The summed E-state index contributed by atoms with van der Waals surface area (Å²) >= 11 is 6.65. The number of rotatable bonds is 4. The summed E-state index contributed by atoms with van der Waals surface area (Å²) in [7, 11) is 0. The fourth-order valence-electron chi connectivity index (χ4n) is 1.45. The Morgan fingerprint density at radius 1 is 1.18 bits per heavy atom. The first kappa shape index (κ1) is 16.3. The number of hydrazine groups is 1. The molecule has 0 spiro atoms. The molecular formula is C14H11ClFN3O2S. The minimum atomic E-state index is -0.520. The lowest BCUT2D eigenvalue weighted by Gasteiger charge is -2.07. The van der Waals surface area contributed by atoms with E-state index in [0.29, 0.717) is 4.90 Å². The van der Waals surface area contributed by atoms with E-state index in [0.717, 1.165) is 11.8 Å². The van der Waals surface area contributed by atoms with Gasteiger partial charge in [0.15, 0.2) is 0 Å². The second-order valence-electron chi connectivity index (χ2n) is 4.09. The second kappa shape index (κ2) is 7.77. The van der Waals surface area contributed by atoms with Gasteiger partial charge in [0.25, 0.3) is 5.91 Å². The lowest BCUT2D eigenvalue weighted by atomic mass is 10.3. The number of benzene rings is 1. The third kappa shape index (κ3) is 4.71. The zero-order valence-electron chi connectivity index (χ0n) is 11.2. The summed E-state index contributed by atoms with van der Waals surface area (Å²) in [5.74, 6) is -1.39. The predicted molar refractivity (Wildman–Crippen MR) is 82.0 cm³/mol. The van der Waals surface area contributed by atoms with Crippen LogP contribution in [0.25, 0.3) is 0 Å². The minimum absolute atomic E-state index is 0.0277. The molecule has 0 aliphatic heterocycles. The highest BCUT2D eigenvalue weighted by atomic mass is 35.5. The molecule has 8 heteroatoms. The molecule has 2 rings (SSSR count). The van der Waals surface area contributed by atoms with Gasteiger partial charge in [0.1, 0.15) is 11.0 Å². The largest absolute Gasteiger partial charge is 0.272 e. The smallest absolute Gasteiger partial charge is 0.271 e. The summed E-state index contributed by atoms with van der Waals surface area (Å²) in [6.07, 6.45) is 1.29. The van der Waals surface area contributed by atoms with Gasteiger partial charge in [0.05, 0.1) is 11.3 Å². The van der Waals surface area contributed by atoms with Crippen molar-refractivity contribution in [3.05, 3.63) is 59.1 Å². The number of carbonyl (C=O) groups is 2. The Kier molecular flexibility index (Phi) is 5.74. The monoisotopic (exact) mass is 339 g/mol. The molecule has 1 aromatic heterocycles. The van der Waals surface area contributed by atoms with Gasteiger partial charge in [-0.3, -0.25) is 20.4 Å². The first-order chi connectivity index (χ1) is 10.6. The molecule has 0 atom stereocenters. The summed E-state index contributed by atoms with van der Waals surface area (Å²) < 4.78 is 13.4. The fraction of sp³-hybridized carbons (Fsp3) is 0.0714. The van der Waals surface area contributed by atoms with Crippen molar-refractivity contribution in [2.75, 3.05) is 5.75 Å². The quantitative estimate of drug-likeness (QED) is 0.510. The number of aromatic nitrogens is 1. The van der Waals surface area contributed by atoms with Crippen LogP contribution in [0.1, 0.15) is 10.4 Å². The van der Waals surface area contributed by atoms with Crippen molar-refractivity contribution in [2.24, 2.45) is 0 Å². The van der Waals surface area contributed by atoms with Crippen molar-refractivity contribution in [1.82, 2.24) is 15.8 Å².